The zero-order valence-electron chi connectivity index (χ0n) is 18.6. The van der Waals surface area contributed by atoms with Crippen LogP contribution in [-0.2, 0) is 10.4 Å². The Morgan fingerprint density at radius 1 is 1.25 bits per heavy atom. The third-order valence-corrected chi connectivity index (χ3v) is 7.25. The maximum absolute atomic E-state index is 11.5. The van der Waals surface area contributed by atoms with E-state index in [4.69, 9.17) is 5.73 Å². The number of nitrogens with two attached hydrogens (primary N) is 1. The monoisotopic (exact) mass is 451 g/mol. The van der Waals surface area contributed by atoms with Gasteiger partial charge >= 0.3 is 0 Å². The molecule has 3 aromatic rings. The molecule has 0 spiro atoms. The second-order valence-electron chi connectivity index (χ2n) is 8.91. The van der Waals surface area contributed by atoms with Crippen molar-refractivity contribution < 1.29 is 9.90 Å². The summed E-state index contributed by atoms with van der Waals surface area (Å²) in [7, 11) is 0. The summed E-state index contributed by atoms with van der Waals surface area (Å²) < 4.78 is 0. The molecule has 1 saturated carbocycles. The molecule has 0 radical (unpaired) electrons. The van der Waals surface area contributed by atoms with Crippen LogP contribution in [0.5, 0.6) is 0 Å². The second-order valence-corrected chi connectivity index (χ2v) is 9.94. The van der Waals surface area contributed by atoms with E-state index in [9.17, 15) is 9.90 Å². The molecular weight excluding hydrogens is 422 g/mol. The molecule has 1 aliphatic carbocycles. The van der Waals surface area contributed by atoms with Gasteiger partial charge in [0.2, 0.25) is 11.9 Å². The van der Waals surface area contributed by atoms with E-state index in [1.165, 1.54) is 11.3 Å². The lowest BCUT2D eigenvalue weighted by molar-refractivity contribution is -0.124. The van der Waals surface area contributed by atoms with Crippen molar-refractivity contribution >= 4 is 28.9 Å². The van der Waals surface area contributed by atoms with Crippen LogP contribution in [0.15, 0.2) is 36.7 Å². The van der Waals surface area contributed by atoms with E-state index in [0.29, 0.717) is 42.6 Å². The highest BCUT2D eigenvalue weighted by Crippen LogP contribution is 2.42. The van der Waals surface area contributed by atoms with Crippen molar-refractivity contribution in [3.8, 4) is 10.4 Å². The van der Waals surface area contributed by atoms with Crippen LogP contribution < -0.4 is 11.1 Å². The molecule has 168 valence electrons. The number of carbonyl (C=O) groups is 1. The summed E-state index contributed by atoms with van der Waals surface area (Å²) in [6.45, 7) is 6.25. The molecule has 1 aliphatic rings. The second kappa shape index (κ2) is 8.96. The summed E-state index contributed by atoms with van der Waals surface area (Å²) >= 11 is 1.49. The summed E-state index contributed by atoms with van der Waals surface area (Å²) in [6.07, 6.45) is 5.76. The highest BCUT2D eigenvalue weighted by Gasteiger charge is 2.38. The average molecular weight is 452 g/mol. The van der Waals surface area contributed by atoms with Crippen molar-refractivity contribution in [1.82, 2.24) is 15.0 Å². The number of benzene rings is 1. The van der Waals surface area contributed by atoms with Crippen LogP contribution in [0.2, 0.25) is 0 Å². The fraction of sp³-hybridized carbons (Fsp3) is 0.417. The number of carbonyl (C=O) groups excluding carboxylic acids is 1. The molecule has 8 heteroatoms. The molecular formula is C24H29N5O2S. The Bertz CT molecular complexity index is 1120. The van der Waals surface area contributed by atoms with Gasteiger partial charge in [0, 0.05) is 29.7 Å². The van der Waals surface area contributed by atoms with E-state index in [1.54, 1.807) is 6.20 Å². The van der Waals surface area contributed by atoms with Crippen LogP contribution in [0, 0.1) is 12.8 Å². The highest BCUT2D eigenvalue weighted by atomic mass is 32.1. The van der Waals surface area contributed by atoms with Crippen LogP contribution >= 0.6 is 11.3 Å². The summed E-state index contributed by atoms with van der Waals surface area (Å²) in [5.74, 6) is 0.454. The molecule has 0 saturated heterocycles. The Morgan fingerprint density at radius 3 is 2.69 bits per heavy atom. The zero-order chi connectivity index (χ0) is 22.9. The maximum atomic E-state index is 11.5. The smallest absolute Gasteiger partial charge is 0.227 e. The number of aliphatic hydroxyl groups is 1. The number of primary amides is 1. The summed E-state index contributed by atoms with van der Waals surface area (Å²) in [5, 5.41) is 15.2. The third kappa shape index (κ3) is 4.81. The molecule has 32 heavy (non-hydrogen) atoms. The number of amides is 1. The number of aryl methyl sites for hydroxylation is 1. The first kappa shape index (κ1) is 22.4. The molecule has 0 aliphatic heterocycles. The van der Waals surface area contributed by atoms with E-state index in [2.05, 4.69) is 46.2 Å². The summed E-state index contributed by atoms with van der Waals surface area (Å²) in [5.41, 5.74) is 8.44. The van der Waals surface area contributed by atoms with Crippen molar-refractivity contribution in [2.75, 3.05) is 5.32 Å². The van der Waals surface area contributed by atoms with E-state index >= 15 is 0 Å². The van der Waals surface area contributed by atoms with Crippen LogP contribution in [-0.4, -0.2) is 26.0 Å². The third-order valence-electron chi connectivity index (χ3n) is 6.01. The van der Waals surface area contributed by atoms with Crippen LogP contribution in [0.1, 0.15) is 61.7 Å². The van der Waals surface area contributed by atoms with Gasteiger partial charge < -0.3 is 16.2 Å². The first-order valence-corrected chi connectivity index (χ1v) is 11.8. The van der Waals surface area contributed by atoms with Gasteiger partial charge in [0.05, 0.1) is 4.88 Å². The summed E-state index contributed by atoms with van der Waals surface area (Å²) in [4.78, 5) is 25.9. The van der Waals surface area contributed by atoms with Gasteiger partial charge in [-0.15, -0.1) is 11.3 Å². The van der Waals surface area contributed by atoms with E-state index < -0.39 is 5.60 Å². The minimum absolute atomic E-state index is 0.156. The maximum Gasteiger partial charge on any atom is 0.227 e. The number of aromatic nitrogens is 3. The summed E-state index contributed by atoms with van der Waals surface area (Å²) in [6, 6.07) is 8.12. The molecule has 0 atom stereocenters. The van der Waals surface area contributed by atoms with Crippen LogP contribution in [0.3, 0.4) is 0 Å². The van der Waals surface area contributed by atoms with Crippen LogP contribution in [0.25, 0.3) is 10.4 Å². The molecule has 4 N–H and O–H groups in total. The van der Waals surface area contributed by atoms with Gasteiger partial charge in [0.15, 0.2) is 0 Å². The van der Waals surface area contributed by atoms with Crippen molar-refractivity contribution in [2.24, 2.45) is 11.7 Å². The van der Waals surface area contributed by atoms with E-state index in [-0.39, 0.29) is 11.8 Å². The van der Waals surface area contributed by atoms with Crippen LogP contribution in [0.4, 0.5) is 11.6 Å². The minimum Gasteiger partial charge on any atom is -0.383 e. The molecule has 1 amide bonds. The van der Waals surface area contributed by atoms with E-state index in [0.717, 1.165) is 27.4 Å². The largest absolute Gasteiger partial charge is 0.383 e. The molecule has 0 unspecified atom stereocenters. The Morgan fingerprint density at radius 2 is 2.00 bits per heavy atom. The van der Waals surface area contributed by atoms with E-state index in [1.807, 2.05) is 25.3 Å². The molecule has 2 heterocycles. The lowest BCUT2D eigenvalue weighted by atomic mass is 9.79. The van der Waals surface area contributed by atoms with Crippen molar-refractivity contribution in [3.63, 3.8) is 0 Å². The standard InChI is InChI=1S/C24H29N5O2S/c1-14(2)19-6-9-26-23(29-19)28-18-11-15(3)10-17(12-18)20-13-27-22(32-20)24(31)7-4-16(5-8-24)21(25)30/h6,9-14,16,31H,4-5,7-8H2,1-3H3,(H2,25,30)(H,26,28,29). The number of thiazole rings is 1. The molecule has 1 aromatic carbocycles. The van der Waals surface area contributed by atoms with Gasteiger partial charge in [0.1, 0.15) is 10.6 Å². The molecule has 1 fully saturated rings. The fourth-order valence-electron chi connectivity index (χ4n) is 4.10. The topological polar surface area (TPSA) is 114 Å². The van der Waals surface area contributed by atoms with Gasteiger partial charge in [-0.25, -0.2) is 15.0 Å². The van der Waals surface area contributed by atoms with Crippen molar-refractivity contribution in [3.05, 3.63) is 52.9 Å². The number of hydrogen-bond donors (Lipinski definition) is 3. The number of nitrogens with zero attached hydrogens (tertiary/aromatic N) is 3. The molecule has 7 nitrogen and oxygen atoms in total. The number of nitrogens with one attached hydrogen (secondary N) is 1. The fourth-order valence-corrected chi connectivity index (χ4v) is 5.15. The zero-order valence-corrected chi connectivity index (χ0v) is 19.4. The Labute approximate surface area is 192 Å². The minimum atomic E-state index is -0.995. The first-order chi connectivity index (χ1) is 15.2. The van der Waals surface area contributed by atoms with Crippen molar-refractivity contribution in [1.29, 1.82) is 0 Å². The molecule has 4 rings (SSSR count). The van der Waals surface area contributed by atoms with Gasteiger partial charge in [-0.2, -0.15) is 0 Å². The number of hydrogen-bond acceptors (Lipinski definition) is 7. The van der Waals surface area contributed by atoms with Crippen molar-refractivity contribution in [2.45, 2.75) is 58.0 Å². The van der Waals surface area contributed by atoms with Gasteiger partial charge in [-0.05, 0) is 67.9 Å². The molecule has 0 bridgehead atoms. The lowest BCUT2D eigenvalue weighted by Crippen LogP contribution is -2.35. The molecule has 2 aromatic heterocycles. The number of rotatable bonds is 6. The van der Waals surface area contributed by atoms with Gasteiger partial charge in [0.25, 0.3) is 0 Å². The Hall–Kier alpha value is -2.84. The predicted molar refractivity (Wildman–Crippen MR) is 127 cm³/mol. The lowest BCUT2D eigenvalue weighted by Gasteiger charge is -2.33. The highest BCUT2D eigenvalue weighted by molar-refractivity contribution is 7.15. The van der Waals surface area contributed by atoms with Gasteiger partial charge in [-0.1, -0.05) is 19.9 Å². The SMILES string of the molecule is Cc1cc(Nc2nccc(C(C)C)n2)cc(-c2cnc(C3(O)CCC(C(N)=O)CC3)s2)c1. The Kier molecular flexibility index (Phi) is 6.26. The average Bonchev–Trinajstić information content (AvgIpc) is 3.25. The first-order valence-electron chi connectivity index (χ1n) is 10.9. The predicted octanol–water partition coefficient (Wildman–Crippen LogP) is 4.64. The van der Waals surface area contributed by atoms with Gasteiger partial charge in [-0.3, -0.25) is 4.79 Å². The Balaban J connectivity index is 1.55. The number of anilines is 2. The quantitative estimate of drug-likeness (QED) is 0.503. The normalized spacial score (nSPS) is 21.0.